The Morgan fingerprint density at radius 3 is 1.65 bits per heavy atom. The highest BCUT2D eigenvalue weighted by Crippen LogP contribution is 2.14. The van der Waals surface area contributed by atoms with Gasteiger partial charge in [0, 0.05) is 13.1 Å². The Balaban J connectivity index is 0.00000484. The van der Waals surface area contributed by atoms with Crippen LogP contribution < -0.4 is 5.32 Å². The van der Waals surface area contributed by atoms with Crippen LogP contribution in [0.3, 0.4) is 0 Å². The molecule has 1 aliphatic heterocycles. The molecule has 0 spiro atoms. The summed E-state index contributed by atoms with van der Waals surface area (Å²) in [6, 6.07) is 0. The van der Waals surface area contributed by atoms with E-state index in [1.807, 2.05) is 0 Å². The van der Waals surface area contributed by atoms with Gasteiger partial charge in [-0.05, 0) is 6.42 Å². The molecule has 0 radical (unpaired) electrons. The van der Waals surface area contributed by atoms with Gasteiger partial charge in [-0.25, -0.2) is 0 Å². The summed E-state index contributed by atoms with van der Waals surface area (Å²) in [5, 5.41) is 3.41. The van der Waals surface area contributed by atoms with Crippen LogP contribution in [0.4, 0.5) is 4.70 Å². The second-order valence-corrected chi connectivity index (χ2v) is 7.08. The lowest BCUT2D eigenvalue weighted by Gasteiger charge is -2.23. The van der Waals surface area contributed by atoms with Crippen LogP contribution in [0.5, 0.6) is 0 Å². The minimum atomic E-state index is 0. The van der Waals surface area contributed by atoms with E-state index in [9.17, 15) is 0 Å². The van der Waals surface area contributed by atoms with Crippen LogP contribution in [0.25, 0.3) is 0 Å². The van der Waals surface area contributed by atoms with Crippen LogP contribution in [-0.4, -0.2) is 25.8 Å². The van der Waals surface area contributed by atoms with Crippen molar-refractivity contribution in [3.05, 3.63) is 0 Å². The van der Waals surface area contributed by atoms with E-state index in [0.717, 1.165) is 19.7 Å². The van der Waals surface area contributed by atoms with Crippen molar-refractivity contribution >= 4 is 0 Å². The lowest BCUT2D eigenvalue weighted by molar-refractivity contribution is 0.0220. The van der Waals surface area contributed by atoms with Gasteiger partial charge in [-0.1, -0.05) is 96.8 Å². The van der Waals surface area contributed by atoms with Crippen LogP contribution in [-0.2, 0) is 4.74 Å². The molecule has 0 bridgehead atoms. The topological polar surface area (TPSA) is 21.3 Å². The number of nitrogens with one attached hydrogen (secondary N) is 1. The molecule has 1 aliphatic rings. The fraction of sp³-hybridized carbons (Fsp3) is 1.00. The van der Waals surface area contributed by atoms with Crippen molar-refractivity contribution in [2.24, 2.45) is 0 Å². The SMILES string of the molecule is CCCCCCCCCCCCCCCCC1CNCCO1.F. The number of ether oxygens (including phenoxy) is 1. The van der Waals surface area contributed by atoms with Crippen LogP contribution in [0.2, 0.25) is 0 Å². The number of hydrogen-bond acceptors (Lipinski definition) is 2. The van der Waals surface area contributed by atoms with E-state index in [1.165, 1.54) is 96.3 Å². The first-order chi connectivity index (χ1) is 10.9. The summed E-state index contributed by atoms with van der Waals surface area (Å²) in [5.41, 5.74) is 0. The summed E-state index contributed by atoms with van der Waals surface area (Å²) in [7, 11) is 0. The van der Waals surface area contributed by atoms with Crippen LogP contribution in [0.15, 0.2) is 0 Å². The van der Waals surface area contributed by atoms with Gasteiger partial charge in [0.15, 0.2) is 0 Å². The smallest absolute Gasteiger partial charge is 0.0700 e. The van der Waals surface area contributed by atoms with Crippen LogP contribution in [0.1, 0.15) is 103 Å². The van der Waals surface area contributed by atoms with E-state index in [0.29, 0.717) is 6.10 Å². The van der Waals surface area contributed by atoms with E-state index in [4.69, 9.17) is 4.74 Å². The first-order valence-electron chi connectivity index (χ1n) is 10.3. The summed E-state index contributed by atoms with van der Waals surface area (Å²) in [5.74, 6) is 0. The third-order valence-corrected chi connectivity index (χ3v) is 4.88. The third kappa shape index (κ3) is 15.1. The molecule has 0 aromatic heterocycles. The molecule has 0 aromatic rings. The highest BCUT2D eigenvalue weighted by molar-refractivity contribution is 4.66. The Morgan fingerprint density at radius 2 is 1.22 bits per heavy atom. The molecule has 1 fully saturated rings. The highest BCUT2D eigenvalue weighted by Gasteiger charge is 2.11. The molecule has 2 nitrogen and oxygen atoms in total. The zero-order chi connectivity index (χ0) is 15.7. The Bertz CT molecular complexity index is 220. The fourth-order valence-electron chi connectivity index (χ4n) is 3.37. The number of hydrogen-bond donors (Lipinski definition) is 1. The molecular weight excluding hydrogens is 289 g/mol. The first kappa shape index (κ1) is 22.9. The average Bonchev–Trinajstić information content (AvgIpc) is 2.56. The minimum absolute atomic E-state index is 0. The van der Waals surface area contributed by atoms with E-state index >= 15 is 0 Å². The molecule has 0 amide bonds. The van der Waals surface area contributed by atoms with E-state index in [2.05, 4.69) is 12.2 Å². The lowest BCUT2D eigenvalue weighted by Crippen LogP contribution is -2.38. The molecule has 1 unspecified atom stereocenters. The highest BCUT2D eigenvalue weighted by atomic mass is 19.0. The molecule has 0 saturated carbocycles. The van der Waals surface area contributed by atoms with Crippen LogP contribution >= 0.6 is 0 Å². The van der Waals surface area contributed by atoms with E-state index in [1.54, 1.807) is 0 Å². The monoisotopic (exact) mass is 331 g/mol. The van der Waals surface area contributed by atoms with Gasteiger partial charge in [0.1, 0.15) is 0 Å². The standard InChI is InChI=1S/C20H41NO.FH/c1-2-3-4-5-6-7-8-9-10-11-12-13-14-15-16-20-19-21-17-18-22-20;/h20-21H,2-19H2,1H3;1H. The second kappa shape index (κ2) is 18.2. The van der Waals surface area contributed by atoms with Gasteiger partial charge in [-0.2, -0.15) is 0 Å². The number of morpholine rings is 1. The maximum Gasteiger partial charge on any atom is 0.0700 e. The van der Waals surface area contributed by atoms with Gasteiger partial charge >= 0.3 is 0 Å². The van der Waals surface area contributed by atoms with Gasteiger partial charge in [0.25, 0.3) is 0 Å². The molecular formula is C20H42FNO. The predicted molar refractivity (Wildman–Crippen MR) is 100 cm³/mol. The normalized spacial score (nSPS) is 17.9. The molecule has 1 N–H and O–H groups in total. The van der Waals surface area contributed by atoms with Gasteiger partial charge < -0.3 is 10.1 Å². The van der Waals surface area contributed by atoms with Crippen molar-refractivity contribution in [3.8, 4) is 0 Å². The summed E-state index contributed by atoms with van der Waals surface area (Å²) in [6.07, 6.45) is 21.9. The van der Waals surface area contributed by atoms with Gasteiger partial charge in [-0.15, -0.1) is 0 Å². The first-order valence-corrected chi connectivity index (χ1v) is 10.3. The maximum atomic E-state index is 5.73. The molecule has 140 valence electrons. The molecule has 1 saturated heterocycles. The zero-order valence-electron chi connectivity index (χ0n) is 15.6. The van der Waals surface area contributed by atoms with Gasteiger partial charge in [-0.3, -0.25) is 4.70 Å². The van der Waals surface area contributed by atoms with E-state index in [-0.39, 0.29) is 4.70 Å². The summed E-state index contributed by atoms with van der Waals surface area (Å²) in [6.45, 7) is 5.30. The number of unbranched alkanes of at least 4 members (excludes halogenated alkanes) is 13. The van der Waals surface area contributed by atoms with Gasteiger partial charge in [0.05, 0.1) is 12.7 Å². The van der Waals surface area contributed by atoms with Crippen molar-refractivity contribution in [2.75, 3.05) is 19.7 Å². The number of rotatable bonds is 15. The second-order valence-electron chi connectivity index (χ2n) is 7.08. The fourth-order valence-corrected chi connectivity index (χ4v) is 3.37. The van der Waals surface area contributed by atoms with Crippen molar-refractivity contribution in [2.45, 2.75) is 109 Å². The maximum absolute atomic E-state index is 5.73. The van der Waals surface area contributed by atoms with Crippen molar-refractivity contribution < 1.29 is 9.44 Å². The Hall–Kier alpha value is -0.150. The third-order valence-electron chi connectivity index (χ3n) is 4.88. The predicted octanol–water partition coefficient (Wildman–Crippen LogP) is 6.00. The van der Waals surface area contributed by atoms with E-state index < -0.39 is 0 Å². The van der Waals surface area contributed by atoms with Crippen molar-refractivity contribution in [1.29, 1.82) is 0 Å². The Kier molecular flexibility index (Phi) is 18.1. The molecule has 3 heteroatoms. The summed E-state index contributed by atoms with van der Waals surface area (Å²) >= 11 is 0. The molecule has 1 rings (SSSR count). The largest absolute Gasteiger partial charge is 0.376 e. The molecule has 1 atom stereocenters. The summed E-state index contributed by atoms with van der Waals surface area (Å²) < 4.78 is 5.73. The lowest BCUT2D eigenvalue weighted by atomic mass is 10.0. The Morgan fingerprint density at radius 1 is 0.739 bits per heavy atom. The Labute approximate surface area is 144 Å². The minimum Gasteiger partial charge on any atom is -0.376 e. The molecule has 0 aromatic carbocycles. The van der Waals surface area contributed by atoms with Crippen molar-refractivity contribution in [3.63, 3.8) is 0 Å². The molecule has 1 heterocycles. The number of halogens is 1. The molecule has 0 aliphatic carbocycles. The van der Waals surface area contributed by atoms with Crippen LogP contribution in [0, 0.1) is 0 Å². The molecule has 23 heavy (non-hydrogen) atoms. The summed E-state index contributed by atoms with van der Waals surface area (Å²) in [4.78, 5) is 0. The quantitative estimate of drug-likeness (QED) is 0.372. The average molecular weight is 332 g/mol. The van der Waals surface area contributed by atoms with Crippen molar-refractivity contribution in [1.82, 2.24) is 5.32 Å². The van der Waals surface area contributed by atoms with Gasteiger partial charge in [0.2, 0.25) is 0 Å². The zero-order valence-corrected chi connectivity index (χ0v) is 15.6.